The molecule has 2 heterocycles. The van der Waals surface area contributed by atoms with Gasteiger partial charge >= 0.3 is 6.09 Å². The van der Waals surface area contributed by atoms with Gasteiger partial charge in [0.2, 0.25) is 27.7 Å². The molecule has 1 aliphatic carbocycles. The van der Waals surface area contributed by atoms with Crippen molar-refractivity contribution in [2.75, 3.05) is 38.2 Å². The number of nitrogens with one attached hydrogen (secondary N) is 4. The highest BCUT2D eigenvalue weighted by Gasteiger charge is 2.32. The summed E-state index contributed by atoms with van der Waals surface area (Å²) in [5.74, 6) is -0.298. The first-order valence-corrected chi connectivity index (χ1v) is 20.0. The Bertz CT molecular complexity index is 2040. The Kier molecular flexibility index (Phi) is 12.6. The van der Waals surface area contributed by atoms with Crippen molar-refractivity contribution in [3.05, 3.63) is 78.4 Å². The zero-order chi connectivity index (χ0) is 39.0. The van der Waals surface area contributed by atoms with Crippen LogP contribution in [-0.2, 0) is 35.5 Å². The number of carbonyl (C=O) groups excluding carboxylic acids is 3. The Balaban J connectivity index is 1.18. The molecule has 55 heavy (non-hydrogen) atoms. The van der Waals surface area contributed by atoms with E-state index in [1.54, 1.807) is 48.5 Å². The van der Waals surface area contributed by atoms with Crippen molar-refractivity contribution in [3.8, 4) is 22.5 Å². The smallest absolute Gasteiger partial charge is 0.407 e. The molecular weight excluding hydrogens is 725 g/mol. The number of nitrogens with zero attached hydrogens (tertiary/aromatic N) is 4. The van der Waals surface area contributed by atoms with Gasteiger partial charge in [0.15, 0.2) is 0 Å². The van der Waals surface area contributed by atoms with E-state index in [-0.39, 0.29) is 42.1 Å². The van der Waals surface area contributed by atoms with Crippen molar-refractivity contribution in [1.29, 1.82) is 0 Å². The third kappa shape index (κ3) is 10.5. The number of benzene rings is 3. The Morgan fingerprint density at radius 2 is 1.67 bits per heavy atom. The van der Waals surface area contributed by atoms with Crippen LogP contribution in [0.1, 0.15) is 52.0 Å². The topological polar surface area (TPSA) is 198 Å². The van der Waals surface area contributed by atoms with Crippen molar-refractivity contribution in [1.82, 2.24) is 35.6 Å². The van der Waals surface area contributed by atoms with Gasteiger partial charge in [-0.15, -0.1) is 10.2 Å². The number of anilines is 1. The Morgan fingerprint density at radius 1 is 0.945 bits per heavy atom. The number of H-pyrrole nitrogens is 1. The van der Waals surface area contributed by atoms with Gasteiger partial charge in [0, 0.05) is 48.8 Å². The monoisotopic (exact) mass is 772 g/mol. The van der Waals surface area contributed by atoms with Crippen molar-refractivity contribution in [2.24, 2.45) is 11.8 Å². The summed E-state index contributed by atoms with van der Waals surface area (Å²) in [6.07, 6.45) is 2.40. The van der Waals surface area contributed by atoms with Gasteiger partial charge in [-0.25, -0.2) is 13.2 Å². The quantitative estimate of drug-likeness (QED) is 0.159. The molecule has 0 bridgehead atoms. The number of hydrogen-bond donors (Lipinski definition) is 4. The van der Waals surface area contributed by atoms with E-state index in [2.05, 4.69) is 36.6 Å². The summed E-state index contributed by atoms with van der Waals surface area (Å²) >= 11 is 0. The Morgan fingerprint density at radius 3 is 2.36 bits per heavy atom. The Hall–Kier alpha value is -5.19. The van der Waals surface area contributed by atoms with Gasteiger partial charge < -0.3 is 25.4 Å². The first-order chi connectivity index (χ1) is 26.4. The van der Waals surface area contributed by atoms with Gasteiger partial charge in [0.05, 0.1) is 18.1 Å². The molecule has 1 aromatic heterocycles. The highest BCUT2D eigenvalue weighted by Crippen LogP contribution is 2.32. The van der Waals surface area contributed by atoms with E-state index in [4.69, 9.17) is 9.47 Å². The van der Waals surface area contributed by atoms with Crippen LogP contribution in [0.25, 0.3) is 22.5 Å². The number of aromatic amines is 1. The van der Waals surface area contributed by atoms with Crippen LogP contribution in [0.4, 0.5) is 10.5 Å². The van der Waals surface area contributed by atoms with E-state index in [1.807, 2.05) is 45.0 Å². The summed E-state index contributed by atoms with van der Waals surface area (Å²) in [4.78, 5) is 40.1. The molecule has 2 fully saturated rings. The van der Waals surface area contributed by atoms with Gasteiger partial charge in [0.1, 0.15) is 11.6 Å². The molecule has 15 nitrogen and oxygen atoms in total. The van der Waals surface area contributed by atoms with E-state index in [0.717, 1.165) is 18.4 Å². The summed E-state index contributed by atoms with van der Waals surface area (Å²) in [5, 5.41) is 22.8. The van der Waals surface area contributed by atoms with E-state index < -0.39 is 33.7 Å². The molecular formula is C39H48N8O7S. The highest BCUT2D eigenvalue weighted by molar-refractivity contribution is 7.89. The lowest BCUT2D eigenvalue weighted by Crippen LogP contribution is -2.48. The number of hydrogen-bond acceptors (Lipinski definition) is 10. The van der Waals surface area contributed by atoms with Crippen LogP contribution < -0.4 is 16.0 Å². The molecule has 16 heteroatoms. The molecule has 1 saturated carbocycles. The first-order valence-electron chi connectivity index (χ1n) is 18.5. The second-order valence-electron chi connectivity index (χ2n) is 14.9. The first kappa shape index (κ1) is 39.5. The molecule has 2 aliphatic rings. The van der Waals surface area contributed by atoms with E-state index in [0.29, 0.717) is 60.8 Å². The molecule has 3 aromatic carbocycles. The lowest BCUT2D eigenvalue weighted by atomic mass is 9.81. The molecule has 1 atom stereocenters. The minimum atomic E-state index is -3.80. The predicted molar refractivity (Wildman–Crippen MR) is 205 cm³/mol. The highest BCUT2D eigenvalue weighted by atomic mass is 32.2. The maximum absolute atomic E-state index is 14.0. The van der Waals surface area contributed by atoms with Crippen LogP contribution in [0, 0.1) is 11.8 Å². The largest absolute Gasteiger partial charge is 0.444 e. The number of morpholine rings is 1. The fraction of sp³-hybridized carbons (Fsp3) is 0.436. The van der Waals surface area contributed by atoms with Gasteiger partial charge in [-0.2, -0.15) is 9.52 Å². The van der Waals surface area contributed by atoms with Crippen LogP contribution in [0.5, 0.6) is 0 Å². The summed E-state index contributed by atoms with van der Waals surface area (Å²) < 4.78 is 39.6. The number of aromatic nitrogens is 4. The van der Waals surface area contributed by atoms with Crippen LogP contribution in [0.15, 0.2) is 77.7 Å². The molecule has 0 unspecified atom stereocenters. The van der Waals surface area contributed by atoms with Crippen LogP contribution in [0.2, 0.25) is 0 Å². The summed E-state index contributed by atoms with van der Waals surface area (Å²) in [5.41, 5.74) is 2.59. The standard InChI is InChI=1S/C39H48N8O7S/c1-39(2,3)54-38(50)40-25-26-11-13-29(14-12-26)36(48)42-33(37(49)41-31-17-15-28(16-18-31)35-43-45-46-44-35)24-27-7-6-8-30(23-27)32-9-4-5-10-34(32)55(51,52)47-19-21-53-22-20-47/h4-10,15-18,23,26,29,33H,11-14,19-22,24-25H2,1-3H3,(H,40,50)(H,41,49)(H,42,48)(H,43,44,45,46)/t26?,29?,33-/m0/s1. The van der Waals surface area contributed by atoms with Crippen molar-refractivity contribution < 1.29 is 32.3 Å². The second kappa shape index (κ2) is 17.5. The summed E-state index contributed by atoms with van der Waals surface area (Å²) in [6.45, 7) is 7.13. The van der Waals surface area contributed by atoms with E-state index in [9.17, 15) is 22.8 Å². The third-order valence-electron chi connectivity index (χ3n) is 9.69. The van der Waals surface area contributed by atoms with E-state index >= 15 is 0 Å². The van der Waals surface area contributed by atoms with Crippen molar-refractivity contribution >= 4 is 33.6 Å². The molecule has 1 saturated heterocycles. The maximum Gasteiger partial charge on any atom is 0.407 e. The molecule has 3 amide bonds. The van der Waals surface area contributed by atoms with Crippen molar-refractivity contribution in [3.63, 3.8) is 0 Å². The summed E-state index contributed by atoms with van der Waals surface area (Å²) in [7, 11) is -3.80. The lowest BCUT2D eigenvalue weighted by molar-refractivity contribution is -0.130. The van der Waals surface area contributed by atoms with Crippen LogP contribution in [0.3, 0.4) is 0 Å². The molecule has 4 N–H and O–H groups in total. The fourth-order valence-electron chi connectivity index (χ4n) is 6.84. The minimum absolute atomic E-state index is 0.153. The number of tetrazole rings is 1. The van der Waals surface area contributed by atoms with Crippen LogP contribution in [-0.4, -0.2) is 95.7 Å². The maximum atomic E-state index is 14.0. The molecule has 0 spiro atoms. The fourth-order valence-corrected chi connectivity index (χ4v) is 8.47. The normalized spacial score (nSPS) is 18.5. The van der Waals surface area contributed by atoms with Gasteiger partial charge in [-0.3, -0.25) is 9.59 Å². The number of amides is 3. The number of alkyl carbamates (subject to hydrolysis) is 1. The second-order valence-corrected chi connectivity index (χ2v) is 16.8. The van der Waals surface area contributed by atoms with E-state index in [1.165, 1.54) is 4.31 Å². The number of rotatable bonds is 12. The molecule has 1 aliphatic heterocycles. The third-order valence-corrected chi connectivity index (χ3v) is 11.7. The van der Waals surface area contributed by atoms with Crippen LogP contribution >= 0.6 is 0 Å². The number of ether oxygens (including phenoxy) is 2. The minimum Gasteiger partial charge on any atom is -0.444 e. The molecule has 292 valence electrons. The molecule has 6 rings (SSSR count). The zero-order valence-electron chi connectivity index (χ0n) is 31.3. The Labute approximate surface area is 321 Å². The molecule has 0 radical (unpaired) electrons. The summed E-state index contributed by atoms with van der Waals surface area (Å²) in [6, 6.07) is 20.3. The lowest BCUT2D eigenvalue weighted by Gasteiger charge is -2.29. The predicted octanol–water partition coefficient (Wildman–Crippen LogP) is 4.55. The number of carbonyl (C=O) groups is 3. The average Bonchev–Trinajstić information content (AvgIpc) is 3.72. The van der Waals surface area contributed by atoms with Gasteiger partial charge in [-0.05, 0) is 99.0 Å². The van der Waals surface area contributed by atoms with Gasteiger partial charge in [-0.1, -0.05) is 42.5 Å². The number of sulfonamides is 1. The molecule has 4 aromatic rings. The SMILES string of the molecule is CC(C)(C)OC(=O)NCC1CCC(C(=O)N[C@@H](Cc2cccc(-c3ccccc3S(=O)(=O)N3CCOCC3)c2)C(=O)Nc2ccc(-c3nn[nH]n3)cc2)CC1. The van der Waals surface area contributed by atoms with Gasteiger partial charge in [0.25, 0.3) is 0 Å². The zero-order valence-corrected chi connectivity index (χ0v) is 32.1. The van der Waals surface area contributed by atoms with Crippen molar-refractivity contribution in [2.45, 2.75) is 69.4 Å². The average molecular weight is 773 g/mol.